The van der Waals surface area contributed by atoms with Crippen LogP contribution in [-0.4, -0.2) is 38.4 Å². The van der Waals surface area contributed by atoms with Crippen molar-refractivity contribution in [1.29, 1.82) is 0 Å². The Labute approximate surface area is 128 Å². The molecule has 2 bridgehead atoms. The number of piperidine rings is 1. The average Bonchev–Trinajstić information content (AvgIpc) is 3.09. The topological polar surface area (TPSA) is 75.4 Å². The third-order valence-corrected chi connectivity index (χ3v) is 7.73. The van der Waals surface area contributed by atoms with E-state index >= 15 is 0 Å². The lowest BCUT2D eigenvalue weighted by atomic mass is 9.84. The third kappa shape index (κ3) is 3.28. The lowest BCUT2D eigenvalue weighted by Gasteiger charge is -2.34. The van der Waals surface area contributed by atoms with Crippen molar-refractivity contribution in [3.63, 3.8) is 0 Å². The first kappa shape index (κ1) is 15.7. The predicted molar refractivity (Wildman–Crippen MR) is 83.8 cm³/mol. The Morgan fingerprint density at radius 2 is 1.90 bits per heavy atom. The van der Waals surface area contributed by atoms with Crippen LogP contribution in [-0.2, 0) is 10.2 Å². The Bertz CT molecular complexity index is 460. The van der Waals surface area contributed by atoms with E-state index in [1.807, 2.05) is 0 Å². The third-order valence-electron chi connectivity index (χ3n) is 6.02. The number of hydrogen-bond acceptors (Lipinski definition) is 3. The molecule has 0 aromatic heterocycles. The maximum absolute atomic E-state index is 12.5. The molecular formula is C15H29N3O2S. The van der Waals surface area contributed by atoms with Crippen LogP contribution in [0.3, 0.4) is 0 Å². The fraction of sp³-hybridized carbons (Fsp3) is 1.00. The smallest absolute Gasteiger partial charge is 0.279 e. The summed E-state index contributed by atoms with van der Waals surface area (Å²) in [6, 6.07) is 0.0672. The Hall–Kier alpha value is -0.170. The van der Waals surface area contributed by atoms with Gasteiger partial charge < -0.3 is 5.73 Å². The number of nitrogens with two attached hydrogens (primary N) is 1. The van der Waals surface area contributed by atoms with Crippen LogP contribution in [0.25, 0.3) is 0 Å². The molecule has 3 rings (SSSR count). The summed E-state index contributed by atoms with van der Waals surface area (Å²) in [5.74, 6) is 2.63. The molecule has 3 fully saturated rings. The van der Waals surface area contributed by atoms with Gasteiger partial charge in [0, 0.05) is 19.1 Å². The molecule has 0 spiro atoms. The van der Waals surface area contributed by atoms with Gasteiger partial charge in [0.1, 0.15) is 0 Å². The van der Waals surface area contributed by atoms with Crippen LogP contribution in [0.2, 0.25) is 0 Å². The van der Waals surface area contributed by atoms with Crippen molar-refractivity contribution in [2.45, 2.75) is 51.5 Å². The zero-order valence-electron chi connectivity index (χ0n) is 13.0. The Morgan fingerprint density at radius 1 is 1.19 bits per heavy atom. The molecule has 0 aromatic rings. The highest BCUT2D eigenvalue weighted by molar-refractivity contribution is 7.87. The van der Waals surface area contributed by atoms with Crippen LogP contribution < -0.4 is 10.5 Å². The van der Waals surface area contributed by atoms with Gasteiger partial charge in [-0.3, -0.25) is 0 Å². The van der Waals surface area contributed by atoms with Gasteiger partial charge in [-0.15, -0.1) is 0 Å². The second-order valence-corrected chi connectivity index (χ2v) is 9.03. The maximum atomic E-state index is 12.5. The van der Waals surface area contributed by atoms with Gasteiger partial charge in [0.2, 0.25) is 0 Å². The first-order valence-electron chi connectivity index (χ1n) is 8.47. The van der Waals surface area contributed by atoms with Crippen molar-refractivity contribution in [1.82, 2.24) is 9.03 Å². The van der Waals surface area contributed by atoms with Gasteiger partial charge in [-0.05, 0) is 69.2 Å². The fourth-order valence-corrected chi connectivity index (χ4v) is 6.17. The summed E-state index contributed by atoms with van der Waals surface area (Å²) in [5, 5.41) is 0. The monoisotopic (exact) mass is 315 g/mol. The van der Waals surface area contributed by atoms with Crippen molar-refractivity contribution in [3.05, 3.63) is 0 Å². The van der Waals surface area contributed by atoms with E-state index in [0.717, 1.165) is 24.7 Å². The zero-order valence-corrected chi connectivity index (χ0v) is 13.8. The minimum absolute atomic E-state index is 0.0672. The Morgan fingerprint density at radius 3 is 2.43 bits per heavy atom. The number of hydrogen-bond donors (Lipinski definition) is 2. The lowest BCUT2D eigenvalue weighted by Crippen LogP contribution is -2.50. The molecule has 1 saturated heterocycles. The first-order chi connectivity index (χ1) is 9.99. The Balaban J connectivity index is 1.56. The average molecular weight is 315 g/mol. The predicted octanol–water partition coefficient (Wildman–Crippen LogP) is 1.32. The van der Waals surface area contributed by atoms with Crippen LogP contribution in [0.15, 0.2) is 0 Å². The van der Waals surface area contributed by atoms with Gasteiger partial charge in [-0.1, -0.05) is 6.42 Å². The number of nitrogens with one attached hydrogen (secondary N) is 1. The molecule has 5 nitrogen and oxygen atoms in total. The van der Waals surface area contributed by atoms with Crippen molar-refractivity contribution in [3.8, 4) is 0 Å². The van der Waals surface area contributed by atoms with Crippen molar-refractivity contribution < 1.29 is 8.42 Å². The van der Waals surface area contributed by atoms with Gasteiger partial charge in [0.05, 0.1) is 0 Å². The molecule has 21 heavy (non-hydrogen) atoms. The van der Waals surface area contributed by atoms with Gasteiger partial charge in [0.15, 0.2) is 0 Å². The van der Waals surface area contributed by atoms with E-state index < -0.39 is 10.2 Å². The van der Waals surface area contributed by atoms with Crippen LogP contribution >= 0.6 is 0 Å². The molecule has 0 aromatic carbocycles. The Kier molecular flexibility index (Phi) is 4.60. The molecule has 3 aliphatic rings. The molecular weight excluding hydrogens is 286 g/mol. The van der Waals surface area contributed by atoms with Gasteiger partial charge in [0.25, 0.3) is 10.2 Å². The van der Waals surface area contributed by atoms with Crippen LogP contribution in [0.4, 0.5) is 0 Å². The minimum Gasteiger partial charge on any atom is -0.330 e. The summed E-state index contributed by atoms with van der Waals surface area (Å²) in [5.41, 5.74) is 5.67. The fourth-order valence-electron chi connectivity index (χ4n) is 4.69. The summed E-state index contributed by atoms with van der Waals surface area (Å²) in [6.07, 6.45) is 6.96. The molecule has 4 unspecified atom stereocenters. The van der Waals surface area contributed by atoms with E-state index in [-0.39, 0.29) is 6.04 Å². The molecule has 2 aliphatic carbocycles. The molecule has 122 valence electrons. The molecule has 3 N–H and O–H groups in total. The summed E-state index contributed by atoms with van der Waals surface area (Å²) >= 11 is 0. The molecule has 2 saturated carbocycles. The van der Waals surface area contributed by atoms with E-state index in [0.29, 0.717) is 31.5 Å². The first-order valence-corrected chi connectivity index (χ1v) is 9.91. The summed E-state index contributed by atoms with van der Waals surface area (Å²) in [6.45, 7) is 3.94. The highest BCUT2D eigenvalue weighted by Gasteiger charge is 2.43. The molecule has 0 amide bonds. The highest BCUT2D eigenvalue weighted by atomic mass is 32.2. The largest absolute Gasteiger partial charge is 0.330 e. The summed E-state index contributed by atoms with van der Waals surface area (Å²) in [4.78, 5) is 0. The van der Waals surface area contributed by atoms with Crippen molar-refractivity contribution >= 4 is 10.2 Å². The lowest BCUT2D eigenvalue weighted by molar-refractivity contribution is 0.257. The molecule has 0 radical (unpaired) electrons. The minimum atomic E-state index is -3.33. The van der Waals surface area contributed by atoms with Gasteiger partial charge >= 0.3 is 0 Å². The van der Waals surface area contributed by atoms with E-state index in [4.69, 9.17) is 5.73 Å². The van der Waals surface area contributed by atoms with Crippen molar-refractivity contribution in [2.75, 3.05) is 19.6 Å². The van der Waals surface area contributed by atoms with Crippen LogP contribution in [0, 0.1) is 23.7 Å². The molecule has 1 heterocycles. The zero-order chi connectivity index (χ0) is 15.0. The van der Waals surface area contributed by atoms with Crippen molar-refractivity contribution in [2.24, 2.45) is 29.4 Å². The molecule has 1 aliphatic heterocycles. The van der Waals surface area contributed by atoms with Crippen LogP contribution in [0.5, 0.6) is 0 Å². The molecule has 4 atom stereocenters. The molecule has 6 heteroatoms. The normalized spacial score (nSPS) is 36.2. The van der Waals surface area contributed by atoms with Crippen LogP contribution in [0.1, 0.15) is 45.4 Å². The standard InChI is InChI=1S/C15H29N3O2S/c1-11(15-9-13-2-3-14(15)8-13)17-21(19,20)18-6-4-12(10-16)5-7-18/h11-15,17H,2-10,16H2,1H3. The highest BCUT2D eigenvalue weighted by Crippen LogP contribution is 2.49. The van der Waals surface area contributed by atoms with E-state index in [1.165, 1.54) is 25.7 Å². The maximum Gasteiger partial charge on any atom is 0.279 e. The number of rotatable bonds is 5. The second kappa shape index (κ2) is 6.14. The second-order valence-electron chi connectivity index (χ2n) is 7.33. The van der Waals surface area contributed by atoms with E-state index in [2.05, 4.69) is 11.6 Å². The number of nitrogens with zero attached hydrogens (tertiary/aromatic N) is 1. The van der Waals surface area contributed by atoms with Gasteiger partial charge in [-0.2, -0.15) is 17.4 Å². The quantitative estimate of drug-likeness (QED) is 0.803. The number of fused-ring (bicyclic) bond motifs is 2. The van der Waals surface area contributed by atoms with Gasteiger partial charge in [-0.25, -0.2) is 0 Å². The van der Waals surface area contributed by atoms with E-state index in [9.17, 15) is 8.42 Å². The summed E-state index contributed by atoms with van der Waals surface area (Å²) in [7, 11) is -3.33. The van der Waals surface area contributed by atoms with E-state index in [1.54, 1.807) is 4.31 Å². The SMILES string of the molecule is CC(NS(=O)(=O)N1CCC(CN)CC1)C1CC2CCC1C2. The summed E-state index contributed by atoms with van der Waals surface area (Å²) < 4.78 is 29.6.